The number of hydrogen-bond acceptors (Lipinski definition) is 8. The quantitative estimate of drug-likeness (QED) is 0.221. The number of benzene rings is 1. The van der Waals surface area contributed by atoms with Crippen LogP contribution in [0.1, 0.15) is 55.4 Å². The smallest absolute Gasteiger partial charge is 0.339 e. The molecule has 10 nitrogen and oxygen atoms in total. The van der Waals surface area contributed by atoms with Crippen molar-refractivity contribution < 1.29 is 28.4 Å². The van der Waals surface area contributed by atoms with Crippen LogP contribution in [0.5, 0.6) is 0 Å². The van der Waals surface area contributed by atoms with Crippen molar-refractivity contribution in [1.82, 2.24) is 20.1 Å². The van der Waals surface area contributed by atoms with Gasteiger partial charge in [-0.1, -0.05) is 37.7 Å². The van der Waals surface area contributed by atoms with Crippen LogP contribution in [0.15, 0.2) is 24.3 Å². The topological polar surface area (TPSA) is 113 Å². The van der Waals surface area contributed by atoms with Crippen molar-refractivity contribution in [3.8, 4) is 0 Å². The molecule has 0 aliphatic carbocycles. The van der Waals surface area contributed by atoms with Gasteiger partial charge in [0, 0.05) is 0 Å². The second-order valence-electron chi connectivity index (χ2n) is 12.2. The van der Waals surface area contributed by atoms with Crippen LogP contribution in [0, 0.1) is 17.3 Å². The summed E-state index contributed by atoms with van der Waals surface area (Å²) in [7, 11) is -1.60. The molecule has 1 fully saturated rings. The van der Waals surface area contributed by atoms with Crippen molar-refractivity contribution in [2.24, 2.45) is 17.3 Å². The van der Waals surface area contributed by atoms with Crippen LogP contribution in [0.4, 0.5) is 0 Å². The van der Waals surface area contributed by atoms with E-state index in [1.807, 2.05) is 46.9 Å². The summed E-state index contributed by atoms with van der Waals surface area (Å²) in [5, 5.41) is 7.96. The molecule has 0 bridgehead atoms. The Morgan fingerprint density at radius 3 is 2.27 bits per heavy atom. The molecule has 11 heteroatoms. The largest absolute Gasteiger partial charge is 0.459 e. The Hall–Kier alpha value is -2.79. The third-order valence-corrected chi connectivity index (χ3v) is 7.88. The minimum atomic E-state index is -1.60. The van der Waals surface area contributed by atoms with Gasteiger partial charge >= 0.3 is 11.9 Å². The van der Waals surface area contributed by atoms with Gasteiger partial charge in [-0.25, -0.2) is 4.79 Å². The van der Waals surface area contributed by atoms with E-state index in [2.05, 4.69) is 10.3 Å². The number of β-lactam (4-membered cyclic amide) rings is 1. The average Bonchev–Trinajstić information content (AvgIpc) is 3.15. The maximum atomic E-state index is 13.6. The molecular formula is C26H40N4O6Si. The molecule has 204 valence electrons. The highest BCUT2D eigenvalue weighted by Gasteiger charge is 2.63. The summed E-state index contributed by atoms with van der Waals surface area (Å²) in [6.07, 6.45) is 0. The molecule has 4 atom stereocenters. The van der Waals surface area contributed by atoms with Crippen LogP contribution < -0.4 is 4.84 Å². The number of carbonyl (C=O) groups excluding carboxylic acids is 3. The van der Waals surface area contributed by atoms with Crippen molar-refractivity contribution in [3.63, 3.8) is 0 Å². The molecule has 2 aromatic rings. The van der Waals surface area contributed by atoms with E-state index in [-0.39, 0.29) is 12.5 Å². The predicted octanol–water partition coefficient (Wildman–Crippen LogP) is 3.00. The molecule has 1 saturated heterocycles. The van der Waals surface area contributed by atoms with Gasteiger partial charge in [0.25, 0.3) is 0 Å². The average molecular weight is 533 g/mol. The summed E-state index contributed by atoms with van der Waals surface area (Å²) < 4.78 is 12.0. The van der Waals surface area contributed by atoms with Gasteiger partial charge in [-0.2, -0.15) is 0 Å². The lowest BCUT2D eigenvalue weighted by Gasteiger charge is -2.59. The molecule has 3 rings (SSSR count). The van der Waals surface area contributed by atoms with E-state index in [1.54, 1.807) is 45.9 Å². The van der Waals surface area contributed by atoms with Crippen LogP contribution in [-0.2, 0) is 23.5 Å². The fourth-order valence-corrected chi connectivity index (χ4v) is 6.29. The van der Waals surface area contributed by atoms with Gasteiger partial charge in [-0.05, 0) is 70.5 Å². The van der Waals surface area contributed by atoms with E-state index in [9.17, 15) is 14.4 Å². The molecule has 1 aromatic carbocycles. The number of aromatic nitrogens is 3. The zero-order chi connectivity index (χ0) is 27.9. The van der Waals surface area contributed by atoms with Gasteiger partial charge in [-0.15, -0.1) is 5.10 Å². The monoisotopic (exact) mass is 532 g/mol. The highest BCUT2D eigenvalue weighted by molar-refractivity contribution is 6.48. The highest BCUT2D eigenvalue weighted by atomic mass is 28.3. The number of rotatable bonds is 8. The van der Waals surface area contributed by atoms with Gasteiger partial charge in [0.2, 0.25) is 5.91 Å². The molecule has 0 unspecified atom stereocenters. The molecular weight excluding hydrogens is 492 g/mol. The first-order valence-corrected chi connectivity index (χ1v) is 15.5. The Bertz CT molecular complexity index is 1170. The number of nitrogens with zero attached hydrogens (tertiary/aromatic N) is 4. The van der Waals surface area contributed by atoms with Crippen LogP contribution in [-0.4, -0.2) is 70.7 Å². The molecule has 0 N–H and O–H groups in total. The fraction of sp³-hybridized carbons (Fsp3) is 0.654. The van der Waals surface area contributed by atoms with E-state index in [0.717, 1.165) is 4.85 Å². The van der Waals surface area contributed by atoms with Crippen LogP contribution in [0.2, 0.25) is 13.1 Å². The van der Waals surface area contributed by atoms with Crippen molar-refractivity contribution in [3.05, 3.63) is 24.3 Å². The van der Waals surface area contributed by atoms with Crippen molar-refractivity contribution in [1.29, 1.82) is 0 Å². The van der Waals surface area contributed by atoms with E-state index >= 15 is 0 Å². The molecule has 1 aliphatic rings. The lowest BCUT2D eigenvalue weighted by atomic mass is 9.61. The number of para-hydroxylation sites is 1. The van der Waals surface area contributed by atoms with E-state index in [0.29, 0.717) is 11.0 Å². The van der Waals surface area contributed by atoms with Gasteiger partial charge < -0.3 is 18.9 Å². The summed E-state index contributed by atoms with van der Waals surface area (Å²) >= 11 is 0. The standard InChI is InChI=1S/C26H40N4O6Si/c1-16(23(33)35-30-18-14-12-11-13-17(18)27-28-30)21-20(26(8,24(2,3)4)36-37(9)10)22(32)29(21)15-19(31)34-25(5,6)7/h11-14,16,20-21,37H,15H2,1-10H3/t16-,20-,21-,26-/m1/s1. The number of amides is 1. The first-order chi connectivity index (χ1) is 17.0. The maximum absolute atomic E-state index is 13.6. The number of carbonyl (C=O) groups is 3. The lowest BCUT2D eigenvalue weighted by molar-refractivity contribution is -0.199. The number of likely N-dealkylation sites (tertiary alicyclic amines) is 1. The first kappa shape index (κ1) is 28.8. The zero-order valence-corrected chi connectivity index (χ0v) is 24.7. The fourth-order valence-electron chi connectivity index (χ4n) is 4.81. The summed E-state index contributed by atoms with van der Waals surface area (Å²) in [6, 6.07) is 6.48. The minimum absolute atomic E-state index is 0.242. The molecule has 0 spiro atoms. The van der Waals surface area contributed by atoms with E-state index in [4.69, 9.17) is 14.0 Å². The Labute approximate surface area is 220 Å². The second kappa shape index (κ2) is 10.2. The highest BCUT2D eigenvalue weighted by Crippen LogP contribution is 2.49. The molecule has 0 saturated carbocycles. The van der Waals surface area contributed by atoms with E-state index < -0.39 is 55.5 Å². The Kier molecular flexibility index (Phi) is 7.91. The van der Waals surface area contributed by atoms with E-state index in [1.165, 1.54) is 4.90 Å². The molecule has 1 aromatic heterocycles. The van der Waals surface area contributed by atoms with Crippen molar-refractivity contribution in [2.75, 3.05) is 6.54 Å². The van der Waals surface area contributed by atoms with Gasteiger partial charge in [0.05, 0.1) is 23.5 Å². The summed E-state index contributed by atoms with van der Waals surface area (Å²) in [5.41, 5.74) is -0.865. The normalized spacial score (nSPS) is 20.9. The molecule has 1 amide bonds. The summed E-state index contributed by atoms with van der Waals surface area (Å²) in [5.74, 6) is -2.81. The van der Waals surface area contributed by atoms with Gasteiger partial charge in [0.1, 0.15) is 23.2 Å². The first-order valence-electron chi connectivity index (χ1n) is 12.7. The van der Waals surface area contributed by atoms with Crippen LogP contribution in [0.3, 0.4) is 0 Å². The third-order valence-electron chi connectivity index (χ3n) is 6.92. The van der Waals surface area contributed by atoms with Gasteiger partial charge in [0.15, 0.2) is 9.04 Å². The Morgan fingerprint density at radius 2 is 1.70 bits per heavy atom. The lowest BCUT2D eigenvalue weighted by Crippen LogP contribution is -2.74. The number of hydrogen-bond donors (Lipinski definition) is 0. The van der Waals surface area contributed by atoms with Crippen molar-refractivity contribution in [2.45, 2.75) is 85.7 Å². The maximum Gasteiger partial charge on any atom is 0.339 e. The summed E-state index contributed by atoms with van der Waals surface area (Å²) in [6.45, 7) is 18.8. The Balaban J connectivity index is 1.95. The third kappa shape index (κ3) is 5.87. The number of ether oxygens (including phenoxy) is 1. The second-order valence-corrected chi connectivity index (χ2v) is 14.5. The zero-order valence-electron chi connectivity index (χ0n) is 23.6. The van der Waals surface area contributed by atoms with Gasteiger partial charge in [-0.3, -0.25) is 9.59 Å². The SMILES string of the molecule is C[C@@H](C(=O)On1nnc2ccccc21)[C@@H]1[C@@H]([C@@](C)(O[SiH](C)C)C(C)(C)C)C(=O)N1CC(=O)OC(C)(C)C. The number of esters is 1. The predicted molar refractivity (Wildman–Crippen MR) is 141 cm³/mol. The Morgan fingerprint density at radius 1 is 1.08 bits per heavy atom. The summed E-state index contributed by atoms with van der Waals surface area (Å²) in [4.78, 5) is 47.8. The molecule has 1 aliphatic heterocycles. The molecule has 2 heterocycles. The minimum Gasteiger partial charge on any atom is -0.459 e. The molecule has 0 radical (unpaired) electrons. The van der Waals surface area contributed by atoms with Crippen LogP contribution in [0.25, 0.3) is 11.0 Å². The van der Waals surface area contributed by atoms with Crippen LogP contribution >= 0.6 is 0 Å². The molecule has 37 heavy (non-hydrogen) atoms. The van der Waals surface area contributed by atoms with Crippen molar-refractivity contribution >= 4 is 37.9 Å². The number of fused-ring (bicyclic) bond motifs is 1.